The summed E-state index contributed by atoms with van der Waals surface area (Å²) in [5.41, 5.74) is 6.42. The molecule has 0 radical (unpaired) electrons. The first-order valence-corrected chi connectivity index (χ1v) is 8.51. The van der Waals surface area contributed by atoms with Gasteiger partial charge >= 0.3 is 0 Å². The fourth-order valence-corrected chi connectivity index (χ4v) is 4.36. The first-order valence-electron chi connectivity index (χ1n) is 8.51. The average Bonchev–Trinajstić information content (AvgIpc) is 2.50. The predicted molar refractivity (Wildman–Crippen MR) is 86.8 cm³/mol. The van der Waals surface area contributed by atoms with Gasteiger partial charge < -0.3 is 0 Å². The number of nitrogens with zero attached hydrogens (tertiary/aromatic N) is 1. The van der Waals surface area contributed by atoms with Gasteiger partial charge in [-0.1, -0.05) is 19.9 Å². The van der Waals surface area contributed by atoms with Crippen molar-refractivity contribution in [2.75, 3.05) is 0 Å². The molecule has 0 spiro atoms. The van der Waals surface area contributed by atoms with Gasteiger partial charge in [-0.3, -0.25) is 16.3 Å². The number of aromatic nitrogens is 1. The minimum absolute atomic E-state index is 0.384. The summed E-state index contributed by atoms with van der Waals surface area (Å²) in [5.74, 6) is 7.17. The first-order chi connectivity index (χ1) is 10.1. The van der Waals surface area contributed by atoms with Crippen molar-refractivity contribution in [2.45, 2.75) is 70.8 Å². The van der Waals surface area contributed by atoms with Crippen LogP contribution in [0.2, 0.25) is 0 Å². The fourth-order valence-electron chi connectivity index (χ4n) is 4.36. The lowest BCUT2D eigenvalue weighted by molar-refractivity contribution is 0.146. The largest absolute Gasteiger partial charge is 0.271 e. The van der Waals surface area contributed by atoms with E-state index in [9.17, 15) is 0 Å². The summed E-state index contributed by atoms with van der Waals surface area (Å²) in [7, 11) is 0. The maximum absolute atomic E-state index is 5.98. The lowest BCUT2D eigenvalue weighted by Gasteiger charge is -2.41. The van der Waals surface area contributed by atoms with E-state index in [-0.39, 0.29) is 0 Å². The van der Waals surface area contributed by atoms with Crippen molar-refractivity contribution in [2.24, 2.45) is 17.2 Å². The quantitative estimate of drug-likeness (QED) is 0.660. The molecule has 1 saturated carbocycles. The van der Waals surface area contributed by atoms with Crippen LogP contribution in [0, 0.1) is 11.3 Å². The molecule has 3 N–H and O–H groups in total. The van der Waals surface area contributed by atoms with Crippen molar-refractivity contribution >= 4 is 0 Å². The molecule has 1 aromatic rings. The van der Waals surface area contributed by atoms with Gasteiger partial charge in [0.15, 0.2) is 0 Å². The number of hydrogen-bond acceptors (Lipinski definition) is 3. The van der Waals surface area contributed by atoms with Crippen LogP contribution in [0.5, 0.6) is 0 Å². The Labute approximate surface area is 128 Å². The van der Waals surface area contributed by atoms with Gasteiger partial charge in [-0.05, 0) is 67.9 Å². The second-order valence-corrected chi connectivity index (χ2v) is 7.74. The number of fused-ring (bicyclic) bond motifs is 1. The van der Waals surface area contributed by atoms with Gasteiger partial charge in [0.05, 0.1) is 0 Å². The van der Waals surface area contributed by atoms with Crippen LogP contribution in [-0.2, 0) is 6.42 Å². The molecule has 2 aliphatic carbocycles. The monoisotopic (exact) mass is 287 g/mol. The fraction of sp³-hybridized carbons (Fsp3) is 0.722. The molecule has 2 atom stereocenters. The van der Waals surface area contributed by atoms with Crippen LogP contribution >= 0.6 is 0 Å². The van der Waals surface area contributed by atoms with E-state index in [1.165, 1.54) is 56.2 Å². The van der Waals surface area contributed by atoms with Crippen molar-refractivity contribution in [3.05, 3.63) is 29.6 Å². The SMILES string of the molecule is CC1(C)CCC(C(NN)C2CCCc3cccnc32)CC1. The van der Waals surface area contributed by atoms with E-state index in [0.717, 1.165) is 0 Å². The lowest BCUT2D eigenvalue weighted by Crippen LogP contribution is -2.47. The van der Waals surface area contributed by atoms with Gasteiger partial charge in [-0.15, -0.1) is 0 Å². The molecular weight excluding hydrogens is 258 g/mol. The molecule has 1 fully saturated rings. The zero-order valence-electron chi connectivity index (χ0n) is 13.4. The summed E-state index contributed by atoms with van der Waals surface area (Å²) in [6, 6.07) is 4.69. The molecule has 1 aromatic heterocycles. The smallest absolute Gasteiger partial charge is 0.0482 e. The molecule has 2 unspecified atom stereocenters. The van der Waals surface area contributed by atoms with Crippen LogP contribution in [0.4, 0.5) is 0 Å². The van der Waals surface area contributed by atoms with E-state index >= 15 is 0 Å². The Morgan fingerprint density at radius 3 is 2.76 bits per heavy atom. The van der Waals surface area contributed by atoms with E-state index in [1.807, 2.05) is 6.20 Å². The van der Waals surface area contributed by atoms with Crippen LogP contribution in [0.15, 0.2) is 18.3 Å². The number of aryl methyl sites for hydroxylation is 1. The summed E-state index contributed by atoms with van der Waals surface area (Å²) < 4.78 is 0. The summed E-state index contributed by atoms with van der Waals surface area (Å²) >= 11 is 0. The standard InChI is InChI=1S/C18H29N3/c1-18(2)10-8-14(9-11-18)17(21-19)15-7-3-5-13-6-4-12-20-16(13)15/h4,6,12,14-15,17,21H,3,5,7-11,19H2,1-2H3. The molecule has 0 aliphatic heterocycles. The highest BCUT2D eigenvalue weighted by Crippen LogP contribution is 2.43. The number of nitrogens with one attached hydrogen (secondary N) is 1. The normalized spacial score (nSPS) is 27.1. The summed E-state index contributed by atoms with van der Waals surface area (Å²) in [6.45, 7) is 4.79. The maximum atomic E-state index is 5.98. The number of pyridine rings is 1. The van der Waals surface area contributed by atoms with E-state index < -0.39 is 0 Å². The Hall–Kier alpha value is -0.930. The molecule has 2 aliphatic rings. The van der Waals surface area contributed by atoms with Gasteiger partial charge in [-0.25, -0.2) is 0 Å². The van der Waals surface area contributed by atoms with Crippen molar-refractivity contribution in [1.82, 2.24) is 10.4 Å². The first kappa shape index (κ1) is 15.0. The highest BCUT2D eigenvalue weighted by Gasteiger charge is 2.37. The third-order valence-corrected chi connectivity index (χ3v) is 5.76. The van der Waals surface area contributed by atoms with Crippen LogP contribution in [0.1, 0.15) is 69.5 Å². The molecule has 3 nitrogen and oxygen atoms in total. The third kappa shape index (κ3) is 3.14. The Kier molecular flexibility index (Phi) is 4.32. The highest BCUT2D eigenvalue weighted by molar-refractivity contribution is 5.27. The number of hydrogen-bond donors (Lipinski definition) is 2. The molecule has 3 rings (SSSR count). The second kappa shape index (κ2) is 6.05. The second-order valence-electron chi connectivity index (χ2n) is 7.74. The molecule has 1 heterocycles. The highest BCUT2D eigenvalue weighted by atomic mass is 15.2. The van der Waals surface area contributed by atoms with E-state index in [2.05, 4.69) is 31.4 Å². The van der Waals surface area contributed by atoms with E-state index in [4.69, 9.17) is 10.8 Å². The summed E-state index contributed by atoms with van der Waals surface area (Å²) in [6.07, 6.45) is 10.8. The number of hydrazine groups is 1. The predicted octanol–water partition coefficient (Wildman–Crippen LogP) is 3.55. The van der Waals surface area contributed by atoms with Crippen molar-refractivity contribution < 1.29 is 0 Å². The van der Waals surface area contributed by atoms with Crippen LogP contribution in [0.25, 0.3) is 0 Å². The molecule has 0 bridgehead atoms. The Bertz CT molecular complexity index is 473. The van der Waals surface area contributed by atoms with Gasteiger partial charge in [0, 0.05) is 23.9 Å². The van der Waals surface area contributed by atoms with Crippen LogP contribution < -0.4 is 11.3 Å². The maximum Gasteiger partial charge on any atom is 0.0482 e. The van der Waals surface area contributed by atoms with Gasteiger partial charge in [-0.2, -0.15) is 0 Å². The zero-order valence-corrected chi connectivity index (χ0v) is 13.4. The zero-order chi connectivity index (χ0) is 14.9. The Morgan fingerprint density at radius 2 is 2.05 bits per heavy atom. The molecule has 0 amide bonds. The van der Waals surface area contributed by atoms with Crippen molar-refractivity contribution in [3.8, 4) is 0 Å². The van der Waals surface area contributed by atoms with Gasteiger partial charge in [0.25, 0.3) is 0 Å². The summed E-state index contributed by atoms with van der Waals surface area (Å²) in [5, 5.41) is 0. The molecule has 3 heteroatoms. The van der Waals surface area contributed by atoms with Gasteiger partial charge in [0.2, 0.25) is 0 Å². The minimum Gasteiger partial charge on any atom is -0.271 e. The molecule has 0 saturated heterocycles. The molecule has 116 valence electrons. The Balaban J connectivity index is 1.78. The molecule has 0 aromatic carbocycles. The van der Waals surface area contributed by atoms with Crippen molar-refractivity contribution in [3.63, 3.8) is 0 Å². The molecule has 21 heavy (non-hydrogen) atoms. The van der Waals surface area contributed by atoms with Crippen LogP contribution in [0.3, 0.4) is 0 Å². The third-order valence-electron chi connectivity index (χ3n) is 5.76. The number of nitrogens with two attached hydrogens (primary N) is 1. The molecular formula is C18H29N3. The average molecular weight is 287 g/mol. The number of rotatable bonds is 3. The van der Waals surface area contributed by atoms with E-state index in [1.54, 1.807) is 0 Å². The van der Waals surface area contributed by atoms with Crippen LogP contribution in [-0.4, -0.2) is 11.0 Å². The van der Waals surface area contributed by atoms with Crippen molar-refractivity contribution in [1.29, 1.82) is 0 Å². The topological polar surface area (TPSA) is 50.9 Å². The summed E-state index contributed by atoms with van der Waals surface area (Å²) in [4.78, 5) is 4.70. The van der Waals surface area contributed by atoms with E-state index in [0.29, 0.717) is 23.3 Å². The Morgan fingerprint density at radius 1 is 1.29 bits per heavy atom. The lowest BCUT2D eigenvalue weighted by atomic mass is 9.67. The minimum atomic E-state index is 0.384. The van der Waals surface area contributed by atoms with Gasteiger partial charge in [0.1, 0.15) is 0 Å².